The van der Waals surface area contributed by atoms with Crippen LogP contribution in [0, 0.1) is 5.82 Å². The minimum absolute atomic E-state index is 0.0185. The Morgan fingerprint density at radius 3 is 2.71 bits per heavy atom. The molecular formula is C18H25ClFN3O4S. The minimum atomic E-state index is -3.76. The van der Waals surface area contributed by atoms with Crippen LogP contribution in [-0.2, 0) is 19.6 Å². The molecule has 1 aromatic carbocycles. The van der Waals surface area contributed by atoms with E-state index in [1.165, 1.54) is 10.4 Å². The molecule has 0 saturated carbocycles. The summed E-state index contributed by atoms with van der Waals surface area (Å²) in [5.74, 6) is -0.570. The van der Waals surface area contributed by atoms with Crippen LogP contribution in [0.2, 0.25) is 5.02 Å². The second-order valence-electron chi connectivity index (χ2n) is 6.99. The number of rotatable bonds is 6. The summed E-state index contributed by atoms with van der Waals surface area (Å²) in [6, 6.07) is 3.22. The normalized spacial score (nSPS) is 22.6. The van der Waals surface area contributed by atoms with E-state index < -0.39 is 15.8 Å². The monoisotopic (exact) mass is 433 g/mol. The van der Waals surface area contributed by atoms with Crippen LogP contribution in [0.25, 0.3) is 0 Å². The summed E-state index contributed by atoms with van der Waals surface area (Å²) in [7, 11) is -2.16. The molecule has 2 heterocycles. The number of methoxy groups -OCH3 is 1. The van der Waals surface area contributed by atoms with Crippen LogP contribution in [0.15, 0.2) is 23.1 Å². The Labute approximate surface area is 170 Å². The Bertz CT molecular complexity index is 823. The summed E-state index contributed by atoms with van der Waals surface area (Å²) in [5, 5.41) is -0.217. The molecule has 1 unspecified atom stereocenters. The number of likely N-dealkylation sites (tertiary alicyclic amines) is 1. The van der Waals surface area contributed by atoms with Gasteiger partial charge in [0.25, 0.3) is 0 Å². The lowest BCUT2D eigenvalue weighted by Gasteiger charge is -2.26. The largest absolute Gasteiger partial charge is 0.383 e. The highest BCUT2D eigenvalue weighted by atomic mass is 35.5. The van der Waals surface area contributed by atoms with E-state index in [1.807, 2.05) is 0 Å². The Kier molecular flexibility index (Phi) is 6.93. The van der Waals surface area contributed by atoms with Crippen LogP contribution in [0.1, 0.15) is 12.8 Å². The van der Waals surface area contributed by atoms with E-state index in [9.17, 15) is 17.6 Å². The minimum Gasteiger partial charge on any atom is -0.383 e. The molecule has 0 aromatic heterocycles. The number of sulfonamides is 1. The van der Waals surface area contributed by atoms with Crippen LogP contribution in [-0.4, -0.2) is 87.5 Å². The zero-order valence-electron chi connectivity index (χ0n) is 15.8. The molecule has 3 rings (SSSR count). The highest BCUT2D eigenvalue weighted by Gasteiger charge is 2.37. The first-order valence-electron chi connectivity index (χ1n) is 9.31. The lowest BCUT2D eigenvalue weighted by molar-refractivity contribution is -0.132. The van der Waals surface area contributed by atoms with Crippen molar-refractivity contribution >= 4 is 27.5 Å². The van der Waals surface area contributed by atoms with Crippen molar-refractivity contribution in [3.05, 3.63) is 29.0 Å². The smallest absolute Gasteiger partial charge is 0.243 e. The predicted octanol–water partition coefficient (Wildman–Crippen LogP) is 1.42. The van der Waals surface area contributed by atoms with E-state index in [-0.39, 0.29) is 28.4 Å². The van der Waals surface area contributed by atoms with Gasteiger partial charge in [-0.05, 0) is 31.0 Å². The fourth-order valence-corrected chi connectivity index (χ4v) is 5.48. The number of halogens is 2. The predicted molar refractivity (Wildman–Crippen MR) is 103 cm³/mol. The third-order valence-corrected chi connectivity index (χ3v) is 7.48. The number of hydrogen-bond acceptors (Lipinski definition) is 5. The first-order chi connectivity index (χ1) is 13.3. The molecule has 2 fully saturated rings. The standard InChI is InChI=1S/C18H25ClFN3O4S/c1-27-12-11-22-8-5-17(18(22)24)21-6-2-7-23(10-9-21)28(25,26)14-3-4-16(20)15(19)13-14/h3-4,13,17H,2,5-12H2,1H3. The average Bonchev–Trinajstić information content (AvgIpc) is 2.87. The molecule has 0 spiro atoms. The van der Waals surface area contributed by atoms with Crippen molar-refractivity contribution in [1.82, 2.24) is 14.1 Å². The molecule has 1 amide bonds. The van der Waals surface area contributed by atoms with Gasteiger partial charge in [0.1, 0.15) is 5.82 Å². The fourth-order valence-electron chi connectivity index (χ4n) is 3.74. The van der Waals surface area contributed by atoms with Gasteiger partial charge in [0, 0.05) is 46.4 Å². The molecular weight excluding hydrogens is 409 g/mol. The Morgan fingerprint density at radius 1 is 1.21 bits per heavy atom. The van der Waals surface area contributed by atoms with Crippen molar-refractivity contribution in [1.29, 1.82) is 0 Å². The molecule has 2 saturated heterocycles. The molecule has 28 heavy (non-hydrogen) atoms. The SMILES string of the molecule is COCCN1CCC(N2CCCN(S(=O)(=O)c3ccc(F)c(Cl)c3)CC2)C1=O. The molecule has 7 nitrogen and oxygen atoms in total. The molecule has 1 aromatic rings. The van der Waals surface area contributed by atoms with Gasteiger partial charge >= 0.3 is 0 Å². The molecule has 1 atom stereocenters. The zero-order chi connectivity index (χ0) is 20.3. The summed E-state index contributed by atoms with van der Waals surface area (Å²) in [4.78, 5) is 16.5. The van der Waals surface area contributed by atoms with E-state index in [1.54, 1.807) is 12.0 Å². The zero-order valence-corrected chi connectivity index (χ0v) is 17.4. The van der Waals surface area contributed by atoms with Gasteiger partial charge in [0.15, 0.2) is 0 Å². The second-order valence-corrected chi connectivity index (χ2v) is 9.34. The molecule has 2 aliphatic rings. The molecule has 0 N–H and O–H groups in total. The highest BCUT2D eigenvalue weighted by molar-refractivity contribution is 7.89. The van der Waals surface area contributed by atoms with Crippen molar-refractivity contribution in [3.8, 4) is 0 Å². The highest BCUT2D eigenvalue weighted by Crippen LogP contribution is 2.24. The number of nitrogens with zero attached hydrogens (tertiary/aromatic N) is 3. The maximum Gasteiger partial charge on any atom is 0.243 e. The number of carbonyl (C=O) groups excluding carboxylic acids is 1. The van der Waals surface area contributed by atoms with E-state index in [0.29, 0.717) is 45.8 Å². The molecule has 2 aliphatic heterocycles. The first-order valence-corrected chi connectivity index (χ1v) is 11.1. The number of carbonyl (C=O) groups is 1. The van der Waals surface area contributed by atoms with Gasteiger partial charge < -0.3 is 9.64 Å². The summed E-state index contributed by atoms with van der Waals surface area (Å²) >= 11 is 5.75. The van der Waals surface area contributed by atoms with Gasteiger partial charge in [-0.25, -0.2) is 12.8 Å². The van der Waals surface area contributed by atoms with Gasteiger partial charge in [-0.15, -0.1) is 0 Å². The summed E-state index contributed by atoms with van der Waals surface area (Å²) in [6.07, 6.45) is 1.36. The molecule has 10 heteroatoms. The van der Waals surface area contributed by atoms with Crippen molar-refractivity contribution in [2.45, 2.75) is 23.8 Å². The maximum atomic E-state index is 13.4. The lowest BCUT2D eigenvalue weighted by Crippen LogP contribution is -2.44. The van der Waals surface area contributed by atoms with Gasteiger partial charge in [0.2, 0.25) is 15.9 Å². The molecule has 0 bridgehead atoms. The van der Waals surface area contributed by atoms with Crippen LogP contribution < -0.4 is 0 Å². The second kappa shape index (κ2) is 9.04. The van der Waals surface area contributed by atoms with Gasteiger partial charge in [-0.2, -0.15) is 4.31 Å². The van der Waals surface area contributed by atoms with Crippen LogP contribution >= 0.6 is 11.6 Å². The van der Waals surface area contributed by atoms with Gasteiger partial charge in [-0.3, -0.25) is 9.69 Å². The maximum absolute atomic E-state index is 13.4. The Hall–Kier alpha value is -1.26. The van der Waals surface area contributed by atoms with Crippen LogP contribution in [0.4, 0.5) is 4.39 Å². The van der Waals surface area contributed by atoms with Crippen molar-refractivity contribution in [2.24, 2.45) is 0 Å². The van der Waals surface area contributed by atoms with Crippen molar-refractivity contribution in [2.75, 3.05) is 53.0 Å². The van der Waals surface area contributed by atoms with Gasteiger partial charge in [0.05, 0.1) is 22.6 Å². The number of benzene rings is 1. The van der Waals surface area contributed by atoms with E-state index >= 15 is 0 Å². The topological polar surface area (TPSA) is 70.2 Å². The van der Waals surface area contributed by atoms with E-state index in [4.69, 9.17) is 16.3 Å². The van der Waals surface area contributed by atoms with Crippen molar-refractivity contribution < 1.29 is 22.3 Å². The Balaban J connectivity index is 1.66. The molecule has 0 aliphatic carbocycles. The number of ether oxygens (including phenoxy) is 1. The summed E-state index contributed by atoms with van der Waals surface area (Å²) in [6.45, 7) is 3.53. The quantitative estimate of drug-likeness (QED) is 0.678. The summed E-state index contributed by atoms with van der Waals surface area (Å²) in [5.41, 5.74) is 0. The van der Waals surface area contributed by atoms with E-state index in [0.717, 1.165) is 18.6 Å². The lowest BCUT2D eigenvalue weighted by atomic mass is 10.2. The summed E-state index contributed by atoms with van der Waals surface area (Å²) < 4.78 is 45.6. The molecule has 156 valence electrons. The molecule has 0 radical (unpaired) electrons. The first kappa shape index (κ1) is 21.4. The Morgan fingerprint density at radius 2 is 2.00 bits per heavy atom. The average molecular weight is 434 g/mol. The number of amides is 1. The van der Waals surface area contributed by atoms with Crippen LogP contribution in [0.5, 0.6) is 0 Å². The van der Waals surface area contributed by atoms with Crippen LogP contribution in [0.3, 0.4) is 0 Å². The fraction of sp³-hybridized carbons (Fsp3) is 0.611. The third kappa shape index (κ3) is 4.49. The number of hydrogen-bond donors (Lipinski definition) is 0. The van der Waals surface area contributed by atoms with E-state index in [2.05, 4.69) is 4.90 Å². The van der Waals surface area contributed by atoms with Gasteiger partial charge in [-0.1, -0.05) is 11.6 Å². The van der Waals surface area contributed by atoms with Crippen molar-refractivity contribution in [3.63, 3.8) is 0 Å². The third-order valence-electron chi connectivity index (χ3n) is 5.29.